The monoisotopic (exact) mass is 160 g/mol. The Morgan fingerprint density at radius 2 is 2.20 bits per heavy atom. The van der Waals surface area contributed by atoms with E-state index >= 15 is 0 Å². The third-order valence-corrected chi connectivity index (χ3v) is 3.30. The predicted octanol–water partition coefficient (Wildman–Crippen LogP) is 3.44. The van der Waals surface area contributed by atoms with Crippen LogP contribution in [0.25, 0.3) is 0 Å². The number of rotatable bonds is 2. The molecule has 0 N–H and O–H groups in total. The van der Waals surface area contributed by atoms with Gasteiger partial charge in [0, 0.05) is 5.38 Å². The van der Waals surface area contributed by atoms with E-state index in [-0.39, 0.29) is 0 Å². The second-order valence-corrected chi connectivity index (χ2v) is 4.16. The first-order valence-electron chi connectivity index (χ1n) is 4.38. The van der Waals surface area contributed by atoms with Crippen LogP contribution in [-0.2, 0) is 0 Å². The van der Waals surface area contributed by atoms with Crippen LogP contribution in [0.4, 0.5) is 0 Å². The highest BCUT2D eigenvalue weighted by atomic mass is 35.5. The lowest BCUT2D eigenvalue weighted by Crippen LogP contribution is -2.09. The van der Waals surface area contributed by atoms with Gasteiger partial charge in [-0.25, -0.2) is 0 Å². The summed E-state index contributed by atoms with van der Waals surface area (Å²) in [5.74, 6) is 1.75. The van der Waals surface area contributed by atoms with Crippen molar-refractivity contribution in [1.29, 1.82) is 0 Å². The Labute approximate surface area is 69.0 Å². The fraction of sp³-hybridized carbons (Fsp3) is 1.00. The summed E-state index contributed by atoms with van der Waals surface area (Å²) in [7, 11) is 0. The van der Waals surface area contributed by atoms with Gasteiger partial charge >= 0.3 is 0 Å². The summed E-state index contributed by atoms with van der Waals surface area (Å²) in [5.41, 5.74) is 0. The van der Waals surface area contributed by atoms with Gasteiger partial charge < -0.3 is 0 Å². The van der Waals surface area contributed by atoms with Crippen molar-refractivity contribution in [3.8, 4) is 0 Å². The van der Waals surface area contributed by atoms with Crippen molar-refractivity contribution >= 4 is 11.6 Å². The Bertz CT molecular complexity index is 101. The fourth-order valence-corrected chi connectivity index (χ4v) is 2.14. The molecule has 3 atom stereocenters. The van der Waals surface area contributed by atoms with Gasteiger partial charge in [0.25, 0.3) is 0 Å². The molecular weight excluding hydrogens is 144 g/mol. The molecule has 0 amide bonds. The molecule has 1 fully saturated rings. The van der Waals surface area contributed by atoms with Crippen LogP contribution in [0.5, 0.6) is 0 Å². The van der Waals surface area contributed by atoms with E-state index in [1.165, 1.54) is 19.3 Å². The average Bonchev–Trinajstić information content (AvgIpc) is 2.34. The highest BCUT2D eigenvalue weighted by Crippen LogP contribution is 2.35. The number of hydrogen-bond acceptors (Lipinski definition) is 0. The summed E-state index contributed by atoms with van der Waals surface area (Å²) in [6, 6.07) is 0. The minimum Gasteiger partial charge on any atom is -0.123 e. The summed E-state index contributed by atoms with van der Waals surface area (Å²) in [6.07, 6.45) is 5.26. The molecular formula is C9H17Cl. The van der Waals surface area contributed by atoms with E-state index in [1.54, 1.807) is 0 Å². The molecule has 1 heteroatoms. The SMILES string of the molecule is CCC(Cl)C1CCC(C)C1. The second kappa shape index (κ2) is 3.61. The van der Waals surface area contributed by atoms with Gasteiger partial charge in [0.15, 0.2) is 0 Å². The van der Waals surface area contributed by atoms with Gasteiger partial charge in [-0.05, 0) is 31.1 Å². The van der Waals surface area contributed by atoms with Crippen LogP contribution in [0.15, 0.2) is 0 Å². The molecule has 0 aliphatic heterocycles. The van der Waals surface area contributed by atoms with E-state index in [9.17, 15) is 0 Å². The molecule has 0 saturated heterocycles. The predicted molar refractivity (Wildman–Crippen MR) is 46.4 cm³/mol. The molecule has 0 spiro atoms. The van der Waals surface area contributed by atoms with E-state index < -0.39 is 0 Å². The summed E-state index contributed by atoms with van der Waals surface area (Å²) < 4.78 is 0. The van der Waals surface area contributed by atoms with Crippen LogP contribution in [0.2, 0.25) is 0 Å². The largest absolute Gasteiger partial charge is 0.123 e. The maximum atomic E-state index is 6.14. The lowest BCUT2D eigenvalue weighted by molar-refractivity contribution is 0.482. The Kier molecular flexibility index (Phi) is 3.03. The van der Waals surface area contributed by atoms with Crippen molar-refractivity contribution in [2.24, 2.45) is 11.8 Å². The van der Waals surface area contributed by atoms with E-state index in [2.05, 4.69) is 13.8 Å². The third kappa shape index (κ3) is 1.88. The number of hydrogen-bond donors (Lipinski definition) is 0. The molecule has 3 unspecified atom stereocenters. The molecule has 1 saturated carbocycles. The molecule has 0 aromatic heterocycles. The number of halogens is 1. The van der Waals surface area contributed by atoms with Gasteiger partial charge in [-0.1, -0.05) is 20.3 Å². The maximum absolute atomic E-state index is 6.14. The van der Waals surface area contributed by atoms with Crippen molar-refractivity contribution in [3.63, 3.8) is 0 Å². The normalized spacial score (nSPS) is 36.3. The van der Waals surface area contributed by atoms with Gasteiger partial charge in [0.2, 0.25) is 0 Å². The Hall–Kier alpha value is 0.290. The van der Waals surface area contributed by atoms with Gasteiger partial charge in [-0.3, -0.25) is 0 Å². The van der Waals surface area contributed by atoms with Crippen molar-refractivity contribution < 1.29 is 0 Å². The van der Waals surface area contributed by atoms with E-state index in [0.717, 1.165) is 18.3 Å². The number of alkyl halides is 1. The van der Waals surface area contributed by atoms with Crippen LogP contribution in [0, 0.1) is 11.8 Å². The van der Waals surface area contributed by atoms with Crippen LogP contribution < -0.4 is 0 Å². The Morgan fingerprint density at radius 1 is 1.50 bits per heavy atom. The molecule has 1 aliphatic rings. The molecule has 0 nitrogen and oxygen atoms in total. The molecule has 0 aromatic carbocycles. The molecule has 0 radical (unpaired) electrons. The summed E-state index contributed by atoms with van der Waals surface area (Å²) >= 11 is 6.14. The van der Waals surface area contributed by atoms with Crippen molar-refractivity contribution in [2.75, 3.05) is 0 Å². The van der Waals surface area contributed by atoms with Crippen LogP contribution in [-0.4, -0.2) is 5.38 Å². The van der Waals surface area contributed by atoms with Crippen molar-refractivity contribution in [1.82, 2.24) is 0 Å². The second-order valence-electron chi connectivity index (χ2n) is 3.60. The molecule has 0 heterocycles. The first-order valence-corrected chi connectivity index (χ1v) is 4.81. The standard InChI is InChI=1S/C9H17Cl/c1-3-9(10)8-5-4-7(2)6-8/h7-9H,3-6H2,1-2H3. The van der Waals surface area contributed by atoms with E-state index in [4.69, 9.17) is 11.6 Å². The Morgan fingerprint density at radius 3 is 2.60 bits per heavy atom. The zero-order chi connectivity index (χ0) is 7.56. The summed E-state index contributed by atoms with van der Waals surface area (Å²) in [5, 5.41) is 0.449. The molecule has 1 aliphatic carbocycles. The molecule has 10 heavy (non-hydrogen) atoms. The first-order chi connectivity index (χ1) is 4.74. The van der Waals surface area contributed by atoms with Gasteiger partial charge in [0.1, 0.15) is 0 Å². The van der Waals surface area contributed by atoms with Crippen LogP contribution in [0.3, 0.4) is 0 Å². The molecule has 60 valence electrons. The lowest BCUT2D eigenvalue weighted by atomic mass is 10.0. The quantitative estimate of drug-likeness (QED) is 0.543. The first kappa shape index (κ1) is 8.39. The van der Waals surface area contributed by atoms with Gasteiger partial charge in [-0.2, -0.15) is 0 Å². The highest BCUT2D eigenvalue weighted by molar-refractivity contribution is 6.20. The summed E-state index contributed by atoms with van der Waals surface area (Å²) in [4.78, 5) is 0. The smallest absolute Gasteiger partial charge is 0.0361 e. The zero-order valence-electron chi connectivity index (χ0n) is 6.94. The highest BCUT2D eigenvalue weighted by Gasteiger charge is 2.25. The fourth-order valence-electron chi connectivity index (χ4n) is 1.91. The maximum Gasteiger partial charge on any atom is 0.0361 e. The van der Waals surface area contributed by atoms with Gasteiger partial charge in [-0.15, -0.1) is 11.6 Å². The van der Waals surface area contributed by atoms with Crippen LogP contribution in [0.1, 0.15) is 39.5 Å². The molecule has 0 bridgehead atoms. The average molecular weight is 161 g/mol. The third-order valence-electron chi connectivity index (χ3n) is 2.64. The van der Waals surface area contributed by atoms with Gasteiger partial charge in [0.05, 0.1) is 0 Å². The summed E-state index contributed by atoms with van der Waals surface area (Å²) in [6.45, 7) is 4.51. The van der Waals surface area contributed by atoms with E-state index in [1.807, 2.05) is 0 Å². The molecule has 1 rings (SSSR count). The van der Waals surface area contributed by atoms with E-state index in [0.29, 0.717) is 5.38 Å². The zero-order valence-corrected chi connectivity index (χ0v) is 7.69. The molecule has 0 aromatic rings. The lowest BCUT2D eigenvalue weighted by Gasteiger charge is -2.13. The Balaban J connectivity index is 2.29. The topological polar surface area (TPSA) is 0 Å². The minimum atomic E-state index is 0.449. The van der Waals surface area contributed by atoms with Crippen LogP contribution >= 0.6 is 11.6 Å². The van der Waals surface area contributed by atoms with Crippen molar-refractivity contribution in [2.45, 2.75) is 44.9 Å². The van der Waals surface area contributed by atoms with Crippen molar-refractivity contribution in [3.05, 3.63) is 0 Å². The minimum absolute atomic E-state index is 0.449.